The Morgan fingerprint density at radius 2 is 1.97 bits per heavy atom. The molecule has 4 rings (SSSR count). The fourth-order valence-electron chi connectivity index (χ4n) is 2.91. The maximum absolute atomic E-state index is 12.3. The van der Waals surface area contributed by atoms with Crippen LogP contribution in [0.5, 0.6) is 0 Å². The Morgan fingerprint density at radius 3 is 2.66 bits per heavy atom. The predicted octanol–water partition coefficient (Wildman–Crippen LogP) is 3.60. The summed E-state index contributed by atoms with van der Waals surface area (Å²) in [4.78, 5) is 20.8. The van der Waals surface area contributed by atoms with Crippen molar-refractivity contribution >= 4 is 38.1 Å². The largest absolute Gasteiger partial charge is 0.326 e. The van der Waals surface area contributed by atoms with E-state index in [9.17, 15) is 13.2 Å². The van der Waals surface area contributed by atoms with Gasteiger partial charge < -0.3 is 5.32 Å². The minimum atomic E-state index is -3.34. The van der Waals surface area contributed by atoms with Gasteiger partial charge in [0.05, 0.1) is 17.4 Å². The standard InChI is InChI=1S/C20H20N4O3S2/c1-13-18(3-2-10-21-13)14-4-6-15(7-5-14)22-19(25)11-16-12-28-20(23-16)24-29(26,27)17-8-9-17/h2-7,10,12,17H,8-9,11H2,1H3,(H,22,25)(H,23,24). The Bertz CT molecular complexity index is 1140. The lowest BCUT2D eigenvalue weighted by molar-refractivity contribution is -0.115. The molecule has 29 heavy (non-hydrogen) atoms. The fraction of sp³-hybridized carbons (Fsp3) is 0.250. The number of carbonyl (C=O) groups is 1. The summed E-state index contributed by atoms with van der Waals surface area (Å²) in [5.74, 6) is -0.211. The fourth-order valence-corrected chi connectivity index (χ4v) is 5.22. The molecule has 0 saturated heterocycles. The van der Waals surface area contributed by atoms with Crippen LogP contribution in [-0.2, 0) is 21.2 Å². The number of benzene rings is 1. The monoisotopic (exact) mass is 428 g/mol. The summed E-state index contributed by atoms with van der Waals surface area (Å²) in [6.07, 6.45) is 3.21. The molecule has 2 aromatic heterocycles. The van der Waals surface area contributed by atoms with Crippen molar-refractivity contribution in [2.45, 2.75) is 31.4 Å². The van der Waals surface area contributed by atoms with Gasteiger partial charge >= 0.3 is 0 Å². The molecule has 1 aliphatic carbocycles. The molecule has 2 N–H and O–H groups in total. The van der Waals surface area contributed by atoms with Gasteiger partial charge in [0.1, 0.15) is 0 Å². The van der Waals surface area contributed by atoms with Crippen LogP contribution in [0.25, 0.3) is 11.1 Å². The summed E-state index contributed by atoms with van der Waals surface area (Å²) in [6, 6.07) is 11.5. The van der Waals surface area contributed by atoms with E-state index >= 15 is 0 Å². The lowest BCUT2D eigenvalue weighted by Crippen LogP contribution is -2.17. The number of amides is 1. The Morgan fingerprint density at radius 1 is 1.21 bits per heavy atom. The molecule has 1 fully saturated rings. The molecule has 0 spiro atoms. The van der Waals surface area contributed by atoms with E-state index < -0.39 is 10.0 Å². The average molecular weight is 429 g/mol. The highest BCUT2D eigenvalue weighted by atomic mass is 32.2. The summed E-state index contributed by atoms with van der Waals surface area (Å²) in [5.41, 5.74) is 4.24. The van der Waals surface area contributed by atoms with Crippen molar-refractivity contribution in [3.8, 4) is 11.1 Å². The van der Waals surface area contributed by atoms with Gasteiger partial charge in [-0.1, -0.05) is 18.2 Å². The average Bonchev–Trinajstić information content (AvgIpc) is 3.46. The number of nitrogens with one attached hydrogen (secondary N) is 2. The van der Waals surface area contributed by atoms with Crippen LogP contribution in [0.2, 0.25) is 0 Å². The highest BCUT2D eigenvalue weighted by molar-refractivity contribution is 7.93. The second-order valence-corrected chi connectivity index (χ2v) is 9.75. The van der Waals surface area contributed by atoms with Crippen molar-refractivity contribution in [3.05, 3.63) is 59.4 Å². The van der Waals surface area contributed by atoms with Crippen LogP contribution in [0.4, 0.5) is 10.8 Å². The number of pyridine rings is 1. The molecule has 9 heteroatoms. The molecule has 0 aliphatic heterocycles. The smallest absolute Gasteiger partial charge is 0.237 e. The highest BCUT2D eigenvalue weighted by Gasteiger charge is 2.36. The SMILES string of the molecule is Cc1ncccc1-c1ccc(NC(=O)Cc2csc(NS(=O)(=O)C3CC3)n2)cc1. The van der Waals surface area contributed by atoms with Gasteiger partial charge in [-0.05, 0) is 43.5 Å². The Hall–Kier alpha value is -2.78. The van der Waals surface area contributed by atoms with E-state index in [0.717, 1.165) is 16.8 Å². The minimum absolute atomic E-state index is 0.0745. The van der Waals surface area contributed by atoms with Crippen LogP contribution in [-0.4, -0.2) is 29.5 Å². The number of sulfonamides is 1. The molecule has 1 amide bonds. The van der Waals surface area contributed by atoms with Crippen LogP contribution >= 0.6 is 11.3 Å². The van der Waals surface area contributed by atoms with Gasteiger partial charge in [-0.2, -0.15) is 0 Å². The number of aryl methyl sites for hydroxylation is 1. The van der Waals surface area contributed by atoms with Crippen molar-refractivity contribution in [2.24, 2.45) is 0 Å². The number of thiazole rings is 1. The molecule has 150 valence electrons. The van der Waals surface area contributed by atoms with Crippen molar-refractivity contribution in [1.29, 1.82) is 0 Å². The van der Waals surface area contributed by atoms with Crippen LogP contribution in [0.15, 0.2) is 48.0 Å². The zero-order valence-electron chi connectivity index (χ0n) is 15.8. The van der Waals surface area contributed by atoms with Crippen LogP contribution in [0.1, 0.15) is 24.2 Å². The first-order chi connectivity index (χ1) is 13.9. The predicted molar refractivity (Wildman–Crippen MR) is 114 cm³/mol. The van der Waals surface area contributed by atoms with Crippen LogP contribution in [0.3, 0.4) is 0 Å². The third-order valence-electron chi connectivity index (χ3n) is 4.57. The minimum Gasteiger partial charge on any atom is -0.326 e. The van der Waals surface area contributed by atoms with Crippen molar-refractivity contribution in [2.75, 3.05) is 10.0 Å². The van der Waals surface area contributed by atoms with Gasteiger partial charge in [-0.25, -0.2) is 13.4 Å². The molecule has 1 aliphatic rings. The topological polar surface area (TPSA) is 101 Å². The van der Waals surface area contributed by atoms with Gasteiger partial charge in [0, 0.05) is 28.5 Å². The molecule has 1 saturated carbocycles. The first kappa shape index (κ1) is 19.5. The summed E-state index contributed by atoms with van der Waals surface area (Å²) in [7, 11) is -3.34. The molecule has 0 unspecified atom stereocenters. The normalized spacial score (nSPS) is 13.8. The lowest BCUT2D eigenvalue weighted by atomic mass is 10.0. The van der Waals surface area contributed by atoms with Crippen molar-refractivity contribution in [1.82, 2.24) is 9.97 Å². The Labute approximate surface area is 173 Å². The number of anilines is 2. The van der Waals surface area contributed by atoms with Gasteiger partial charge in [0.15, 0.2) is 5.13 Å². The highest BCUT2D eigenvalue weighted by Crippen LogP contribution is 2.30. The van der Waals surface area contributed by atoms with Gasteiger partial charge in [-0.15, -0.1) is 11.3 Å². The Balaban J connectivity index is 1.36. The summed E-state index contributed by atoms with van der Waals surface area (Å²) in [6.45, 7) is 1.96. The molecule has 0 radical (unpaired) electrons. The summed E-state index contributed by atoms with van der Waals surface area (Å²) in [5, 5.41) is 4.53. The molecule has 1 aromatic carbocycles. The van der Waals surface area contributed by atoms with Gasteiger partial charge in [-0.3, -0.25) is 14.5 Å². The lowest BCUT2D eigenvalue weighted by Gasteiger charge is -2.08. The van der Waals surface area contributed by atoms with E-state index in [4.69, 9.17) is 0 Å². The van der Waals surface area contributed by atoms with E-state index in [1.165, 1.54) is 11.3 Å². The molecule has 0 atom stereocenters. The van der Waals surface area contributed by atoms with Gasteiger partial charge in [0.25, 0.3) is 0 Å². The molecule has 2 heterocycles. The van der Waals surface area contributed by atoms with E-state index in [-0.39, 0.29) is 17.6 Å². The maximum atomic E-state index is 12.3. The number of nitrogens with zero attached hydrogens (tertiary/aromatic N) is 2. The third kappa shape index (κ3) is 4.80. The second kappa shape index (κ2) is 7.92. The number of hydrogen-bond acceptors (Lipinski definition) is 6. The Kier molecular flexibility index (Phi) is 5.33. The van der Waals surface area contributed by atoms with Crippen molar-refractivity contribution in [3.63, 3.8) is 0 Å². The first-order valence-corrected chi connectivity index (χ1v) is 11.6. The van der Waals surface area contributed by atoms with Crippen LogP contribution in [0, 0.1) is 6.92 Å². The number of hydrogen-bond donors (Lipinski definition) is 2. The van der Waals surface area contributed by atoms with Crippen LogP contribution < -0.4 is 10.0 Å². The van der Waals surface area contributed by atoms with E-state index in [1.54, 1.807) is 11.6 Å². The third-order valence-corrected chi connectivity index (χ3v) is 7.34. The van der Waals surface area contributed by atoms with Crippen molar-refractivity contribution < 1.29 is 13.2 Å². The van der Waals surface area contributed by atoms with Gasteiger partial charge in [0.2, 0.25) is 15.9 Å². The number of rotatable bonds is 7. The number of carbonyl (C=O) groups excluding carboxylic acids is 1. The first-order valence-electron chi connectivity index (χ1n) is 9.19. The zero-order valence-corrected chi connectivity index (χ0v) is 17.4. The second-order valence-electron chi connectivity index (χ2n) is 6.93. The maximum Gasteiger partial charge on any atom is 0.237 e. The van der Waals surface area contributed by atoms with E-state index in [0.29, 0.717) is 29.4 Å². The van der Waals surface area contributed by atoms with E-state index in [1.807, 2.05) is 43.3 Å². The molecule has 0 bridgehead atoms. The zero-order chi connectivity index (χ0) is 20.4. The molecule has 7 nitrogen and oxygen atoms in total. The number of aromatic nitrogens is 2. The summed E-state index contributed by atoms with van der Waals surface area (Å²) >= 11 is 1.18. The molecular weight excluding hydrogens is 408 g/mol. The summed E-state index contributed by atoms with van der Waals surface area (Å²) < 4.78 is 26.4. The molecule has 3 aromatic rings. The van der Waals surface area contributed by atoms with E-state index in [2.05, 4.69) is 20.0 Å². The molecular formula is C20H20N4O3S2. The quantitative estimate of drug-likeness (QED) is 0.599.